The predicted octanol–water partition coefficient (Wildman–Crippen LogP) is 6.53. The van der Waals surface area contributed by atoms with Crippen molar-refractivity contribution in [3.05, 3.63) is 82.9 Å². The van der Waals surface area contributed by atoms with Gasteiger partial charge in [0.05, 0.1) is 27.9 Å². The summed E-state index contributed by atoms with van der Waals surface area (Å²) in [5.74, 6) is 3.56. The highest BCUT2D eigenvalue weighted by molar-refractivity contribution is 5.85. The molecule has 3 aromatic rings. The molecule has 0 aromatic heterocycles. The van der Waals surface area contributed by atoms with Crippen LogP contribution in [0.15, 0.2) is 60.7 Å². The van der Waals surface area contributed by atoms with Crippen molar-refractivity contribution in [2.24, 2.45) is 0 Å². The maximum absolute atomic E-state index is 6.19. The second kappa shape index (κ2) is 14.7. The normalized spacial score (nSPS) is 12.8. The van der Waals surface area contributed by atoms with Crippen molar-refractivity contribution in [1.82, 2.24) is 4.90 Å². The average Bonchev–Trinajstić information content (AvgIpc) is 2.93. The van der Waals surface area contributed by atoms with Gasteiger partial charge in [-0.2, -0.15) is 0 Å². The van der Waals surface area contributed by atoms with Crippen LogP contribution in [0, 0.1) is 0 Å². The van der Waals surface area contributed by atoms with Crippen LogP contribution in [-0.4, -0.2) is 45.9 Å². The summed E-state index contributed by atoms with van der Waals surface area (Å²) in [6.45, 7) is 3.95. The van der Waals surface area contributed by atoms with Crippen molar-refractivity contribution in [2.45, 2.75) is 45.1 Å². The minimum absolute atomic E-state index is 0. The Morgan fingerprint density at radius 1 is 0.730 bits per heavy atom. The van der Waals surface area contributed by atoms with Crippen LogP contribution in [0.5, 0.6) is 23.0 Å². The first kappa shape index (κ1) is 28.7. The van der Waals surface area contributed by atoms with Crippen molar-refractivity contribution in [2.75, 3.05) is 41.0 Å². The van der Waals surface area contributed by atoms with Crippen molar-refractivity contribution in [1.29, 1.82) is 0 Å². The maximum Gasteiger partial charge on any atom is 0.161 e. The molecule has 1 aliphatic rings. The molecule has 200 valence electrons. The summed E-state index contributed by atoms with van der Waals surface area (Å²) in [4.78, 5) is 2.54. The fourth-order valence-corrected chi connectivity index (χ4v) is 4.89. The Kier molecular flexibility index (Phi) is 11.4. The summed E-state index contributed by atoms with van der Waals surface area (Å²) in [6, 6.07) is 21.0. The molecule has 0 spiro atoms. The lowest BCUT2D eigenvalue weighted by molar-refractivity contribution is 0.241. The molecule has 0 N–H and O–H groups in total. The lowest BCUT2D eigenvalue weighted by atomic mass is 9.98. The van der Waals surface area contributed by atoms with Gasteiger partial charge in [-0.25, -0.2) is 0 Å². The molecule has 0 bridgehead atoms. The van der Waals surface area contributed by atoms with Crippen LogP contribution in [0.25, 0.3) is 0 Å². The van der Waals surface area contributed by atoms with Crippen LogP contribution in [0.2, 0.25) is 0 Å². The van der Waals surface area contributed by atoms with Crippen LogP contribution in [0.1, 0.15) is 41.5 Å². The van der Waals surface area contributed by atoms with Gasteiger partial charge in [-0.15, -0.1) is 12.4 Å². The molecule has 0 saturated heterocycles. The maximum atomic E-state index is 6.19. The number of hydrogen-bond donors (Lipinski definition) is 0. The minimum atomic E-state index is 0. The number of aryl methyl sites for hydroxylation is 2. The van der Waals surface area contributed by atoms with Gasteiger partial charge in [0, 0.05) is 13.1 Å². The van der Waals surface area contributed by atoms with E-state index in [9.17, 15) is 0 Å². The lowest BCUT2D eigenvalue weighted by Crippen LogP contribution is -2.31. The molecule has 3 aromatic carbocycles. The molecule has 0 fully saturated rings. The molecule has 0 unspecified atom stereocenters. The first-order valence-corrected chi connectivity index (χ1v) is 13.0. The Labute approximate surface area is 228 Å². The smallest absolute Gasteiger partial charge is 0.161 e. The highest BCUT2D eigenvalue weighted by Crippen LogP contribution is 2.33. The molecule has 6 heteroatoms. The number of halogens is 1. The molecule has 5 nitrogen and oxygen atoms in total. The van der Waals surface area contributed by atoms with Crippen molar-refractivity contribution in [3.8, 4) is 23.0 Å². The van der Waals surface area contributed by atoms with E-state index in [0.717, 1.165) is 74.9 Å². The van der Waals surface area contributed by atoms with Gasteiger partial charge < -0.3 is 18.9 Å². The zero-order chi connectivity index (χ0) is 25.2. The van der Waals surface area contributed by atoms with Crippen LogP contribution in [-0.2, 0) is 25.8 Å². The van der Waals surface area contributed by atoms with Gasteiger partial charge in [-0.05, 0) is 97.7 Å². The van der Waals surface area contributed by atoms with Crippen molar-refractivity contribution < 1.29 is 18.9 Å². The van der Waals surface area contributed by atoms with Crippen LogP contribution < -0.4 is 18.9 Å². The second-order valence-electron chi connectivity index (χ2n) is 9.37. The Balaban J connectivity index is 0.00000380. The van der Waals surface area contributed by atoms with E-state index in [4.69, 9.17) is 18.9 Å². The molecular formula is C31H40ClNO4. The highest BCUT2D eigenvalue weighted by atomic mass is 35.5. The molecular weight excluding hydrogens is 486 g/mol. The van der Waals surface area contributed by atoms with E-state index in [1.165, 1.54) is 35.1 Å². The Hall–Kier alpha value is -2.89. The van der Waals surface area contributed by atoms with Crippen molar-refractivity contribution >= 4 is 12.4 Å². The van der Waals surface area contributed by atoms with E-state index >= 15 is 0 Å². The third-order valence-electron chi connectivity index (χ3n) is 6.96. The third kappa shape index (κ3) is 8.05. The Bertz CT molecular complexity index is 1120. The molecule has 0 amide bonds. The summed E-state index contributed by atoms with van der Waals surface area (Å²) in [7, 11) is 5.11. The van der Waals surface area contributed by atoms with Crippen LogP contribution in [0.3, 0.4) is 0 Å². The molecule has 0 atom stereocenters. The van der Waals surface area contributed by atoms with E-state index in [1.807, 2.05) is 12.1 Å². The summed E-state index contributed by atoms with van der Waals surface area (Å²) in [5.41, 5.74) is 5.27. The van der Waals surface area contributed by atoms with Gasteiger partial charge in [-0.3, -0.25) is 4.90 Å². The largest absolute Gasteiger partial charge is 0.497 e. The molecule has 37 heavy (non-hydrogen) atoms. The van der Waals surface area contributed by atoms with Gasteiger partial charge >= 0.3 is 0 Å². The summed E-state index contributed by atoms with van der Waals surface area (Å²) < 4.78 is 22.5. The molecule has 0 saturated carbocycles. The fourth-order valence-electron chi connectivity index (χ4n) is 4.89. The zero-order valence-electron chi connectivity index (χ0n) is 22.3. The fraction of sp³-hybridized carbons (Fsp3) is 0.419. The highest BCUT2D eigenvalue weighted by Gasteiger charge is 2.19. The number of methoxy groups -OCH3 is 3. The van der Waals surface area contributed by atoms with E-state index in [-0.39, 0.29) is 12.4 Å². The number of fused-ring (bicyclic) bond motifs is 1. The predicted molar refractivity (Wildman–Crippen MR) is 152 cm³/mol. The zero-order valence-corrected chi connectivity index (χ0v) is 23.1. The van der Waals surface area contributed by atoms with Crippen LogP contribution >= 0.6 is 12.4 Å². The van der Waals surface area contributed by atoms with Gasteiger partial charge in [0.15, 0.2) is 11.5 Å². The van der Waals surface area contributed by atoms with Gasteiger partial charge in [0.1, 0.15) is 11.5 Å². The average molecular weight is 526 g/mol. The molecule has 1 aliphatic heterocycles. The summed E-state index contributed by atoms with van der Waals surface area (Å²) >= 11 is 0. The number of rotatable bonds is 13. The number of hydrogen-bond acceptors (Lipinski definition) is 5. The number of ether oxygens (including phenoxy) is 4. The first-order valence-electron chi connectivity index (χ1n) is 13.0. The molecule has 1 heterocycles. The topological polar surface area (TPSA) is 40.2 Å². The standard InChI is InChI=1S/C31H39NO4.ClH/c1-33-28-12-9-10-24(20-28)14-15-25-11-5-6-13-29(25)36-19-8-4-7-17-32-18-16-26-21-30(34-2)31(35-3)22-27(26)23-32;/h5-6,9-13,20-22H,4,7-8,14-19,23H2,1-3H3;1H. The quantitative estimate of drug-likeness (QED) is 0.237. The van der Waals surface area contributed by atoms with E-state index in [2.05, 4.69) is 53.4 Å². The van der Waals surface area contributed by atoms with Gasteiger partial charge in [-0.1, -0.05) is 30.3 Å². The lowest BCUT2D eigenvalue weighted by Gasteiger charge is -2.29. The summed E-state index contributed by atoms with van der Waals surface area (Å²) in [6.07, 6.45) is 6.40. The van der Waals surface area contributed by atoms with E-state index < -0.39 is 0 Å². The third-order valence-corrected chi connectivity index (χ3v) is 6.96. The van der Waals surface area contributed by atoms with Crippen LogP contribution in [0.4, 0.5) is 0 Å². The number of unbranched alkanes of at least 4 members (excludes halogenated alkanes) is 2. The second-order valence-corrected chi connectivity index (χ2v) is 9.37. The number of benzene rings is 3. The van der Waals surface area contributed by atoms with Crippen molar-refractivity contribution in [3.63, 3.8) is 0 Å². The summed E-state index contributed by atoms with van der Waals surface area (Å²) in [5, 5.41) is 0. The first-order chi connectivity index (χ1) is 17.7. The number of nitrogens with zero attached hydrogens (tertiary/aromatic N) is 1. The van der Waals surface area contributed by atoms with Gasteiger partial charge in [0.2, 0.25) is 0 Å². The minimum Gasteiger partial charge on any atom is -0.497 e. The SMILES string of the molecule is COc1cccc(CCc2ccccc2OCCCCCN2CCc3cc(OC)c(OC)cc3C2)c1.Cl. The Morgan fingerprint density at radius 2 is 1.51 bits per heavy atom. The van der Waals surface area contributed by atoms with E-state index in [0.29, 0.717) is 0 Å². The van der Waals surface area contributed by atoms with E-state index in [1.54, 1.807) is 21.3 Å². The number of para-hydroxylation sites is 1. The monoisotopic (exact) mass is 525 g/mol. The van der Waals surface area contributed by atoms with Gasteiger partial charge in [0.25, 0.3) is 0 Å². The molecule has 0 aliphatic carbocycles. The molecule has 0 radical (unpaired) electrons. The Morgan fingerprint density at radius 3 is 2.30 bits per heavy atom. The molecule has 4 rings (SSSR count).